The summed E-state index contributed by atoms with van der Waals surface area (Å²) in [6, 6.07) is -0.400. The Morgan fingerprint density at radius 3 is 2.32 bits per heavy atom. The third kappa shape index (κ3) is 3.26. The minimum atomic E-state index is -0.586. The lowest BCUT2D eigenvalue weighted by Crippen LogP contribution is -2.66. The summed E-state index contributed by atoms with van der Waals surface area (Å²) in [5, 5.41) is 14.0. The standard InChI is InChI=1S/C31H47NO5/c1-26(2)12-14-31(25(35)37-7)15-13-30(6)24(19(31)17-26)20(34)16-22-27(3)10-9-23(32-36)28(4,18-33)21(27)8-11-29(22,30)5/h16,19,21,23-24,33H,8-15,17-18H2,1-7H3/t19-,21+,23?,24-,27-,28-,29+,30+,31-/m0/s1. The molecule has 0 spiro atoms. The van der Waals surface area contributed by atoms with Crippen LogP contribution in [-0.2, 0) is 14.3 Å². The van der Waals surface area contributed by atoms with Crippen molar-refractivity contribution >= 4 is 11.8 Å². The van der Waals surface area contributed by atoms with Crippen LogP contribution in [0.5, 0.6) is 0 Å². The Labute approximate surface area is 222 Å². The summed E-state index contributed by atoms with van der Waals surface area (Å²) in [6.07, 6.45) is 9.47. The number of ether oxygens (including phenoxy) is 1. The van der Waals surface area contributed by atoms with E-state index in [1.54, 1.807) is 0 Å². The van der Waals surface area contributed by atoms with Crippen molar-refractivity contribution in [3.8, 4) is 0 Å². The molecular weight excluding hydrogens is 466 g/mol. The Kier molecular flexibility index (Phi) is 6.01. The lowest BCUT2D eigenvalue weighted by Gasteiger charge is -2.69. The SMILES string of the molecule is COC(=O)[C@]12CCC(C)(C)C[C@H]1[C@H]1C(=O)C=C3[C@@]4(C)CCC(N=O)[C@@](C)(CO)[C@@H]4CC[C@@]3(C)[C@]1(C)CC2. The number of esters is 1. The Morgan fingerprint density at radius 2 is 1.70 bits per heavy atom. The van der Waals surface area contributed by atoms with Gasteiger partial charge in [0.05, 0.1) is 25.2 Å². The molecule has 9 atom stereocenters. The van der Waals surface area contributed by atoms with Crippen molar-refractivity contribution in [2.45, 2.75) is 105 Å². The molecule has 4 fully saturated rings. The van der Waals surface area contributed by atoms with Gasteiger partial charge in [0.25, 0.3) is 0 Å². The van der Waals surface area contributed by atoms with Crippen molar-refractivity contribution < 1.29 is 19.4 Å². The number of ketones is 1. The smallest absolute Gasteiger partial charge is 0.312 e. The van der Waals surface area contributed by atoms with E-state index in [0.717, 1.165) is 51.4 Å². The molecule has 6 heteroatoms. The Balaban J connectivity index is 1.64. The first-order valence-corrected chi connectivity index (χ1v) is 14.5. The summed E-state index contributed by atoms with van der Waals surface area (Å²) >= 11 is 0. The van der Waals surface area contributed by atoms with Crippen LogP contribution in [0.15, 0.2) is 16.8 Å². The average Bonchev–Trinajstić information content (AvgIpc) is 2.84. The van der Waals surface area contributed by atoms with Gasteiger partial charge in [-0.1, -0.05) is 52.3 Å². The number of carbonyl (C=O) groups is 2. The van der Waals surface area contributed by atoms with Gasteiger partial charge < -0.3 is 9.84 Å². The molecule has 0 bridgehead atoms. The van der Waals surface area contributed by atoms with Crippen LogP contribution in [0, 0.1) is 55.2 Å². The monoisotopic (exact) mass is 513 g/mol. The van der Waals surface area contributed by atoms with Crippen molar-refractivity contribution in [1.29, 1.82) is 0 Å². The lowest BCUT2D eigenvalue weighted by atomic mass is 9.33. The number of rotatable bonds is 3. The van der Waals surface area contributed by atoms with Crippen LogP contribution in [0.25, 0.3) is 0 Å². The highest BCUT2D eigenvalue weighted by Crippen LogP contribution is 2.75. The third-order valence-electron chi connectivity index (χ3n) is 13.2. The highest BCUT2D eigenvalue weighted by molar-refractivity contribution is 5.96. The molecule has 206 valence electrons. The number of carbonyl (C=O) groups excluding carboxylic acids is 2. The van der Waals surface area contributed by atoms with E-state index in [9.17, 15) is 19.6 Å². The van der Waals surface area contributed by atoms with Gasteiger partial charge in [-0.05, 0) is 97.4 Å². The number of allylic oxidation sites excluding steroid dienone is 2. The van der Waals surface area contributed by atoms with Gasteiger partial charge in [0.1, 0.15) is 0 Å². The molecule has 0 radical (unpaired) electrons. The summed E-state index contributed by atoms with van der Waals surface area (Å²) in [4.78, 5) is 39.5. The molecule has 37 heavy (non-hydrogen) atoms. The first kappa shape index (κ1) is 27.0. The summed E-state index contributed by atoms with van der Waals surface area (Å²) in [5.41, 5.74) is -0.555. The molecule has 6 nitrogen and oxygen atoms in total. The zero-order chi connectivity index (χ0) is 27.2. The minimum absolute atomic E-state index is 0.0205. The molecular formula is C31H47NO5. The van der Waals surface area contributed by atoms with E-state index in [1.165, 1.54) is 12.7 Å². The van der Waals surface area contributed by atoms with Gasteiger partial charge in [0.2, 0.25) is 0 Å². The molecule has 0 aromatic heterocycles. The molecule has 5 aliphatic carbocycles. The van der Waals surface area contributed by atoms with Crippen molar-refractivity contribution in [3.05, 3.63) is 16.6 Å². The average molecular weight is 514 g/mol. The fraction of sp³-hybridized carbons (Fsp3) is 0.871. The molecule has 0 saturated heterocycles. The summed E-state index contributed by atoms with van der Waals surface area (Å²) in [6.45, 7) is 13.5. The van der Waals surface area contributed by atoms with E-state index in [-0.39, 0.29) is 57.8 Å². The predicted octanol–water partition coefficient (Wildman–Crippen LogP) is 6.25. The zero-order valence-electron chi connectivity index (χ0n) is 24.0. The second kappa shape index (κ2) is 8.22. The van der Waals surface area contributed by atoms with Crippen molar-refractivity contribution in [1.82, 2.24) is 0 Å². The predicted molar refractivity (Wildman–Crippen MR) is 142 cm³/mol. The fourth-order valence-electron chi connectivity index (χ4n) is 10.8. The second-order valence-corrected chi connectivity index (χ2v) is 15.1. The maximum absolute atomic E-state index is 14.4. The first-order valence-electron chi connectivity index (χ1n) is 14.5. The van der Waals surface area contributed by atoms with E-state index in [4.69, 9.17) is 4.74 Å². The van der Waals surface area contributed by atoms with Crippen LogP contribution in [0.3, 0.4) is 0 Å². The highest BCUT2D eigenvalue weighted by atomic mass is 16.5. The van der Waals surface area contributed by atoms with Gasteiger partial charge in [-0.3, -0.25) is 9.59 Å². The number of aliphatic hydroxyl groups excluding tert-OH is 1. The fourth-order valence-corrected chi connectivity index (χ4v) is 10.8. The molecule has 4 saturated carbocycles. The van der Waals surface area contributed by atoms with Gasteiger partial charge in [-0.25, -0.2) is 0 Å². The number of nitrogens with zero attached hydrogens (tertiary/aromatic N) is 1. The van der Waals surface area contributed by atoms with Crippen molar-refractivity contribution in [3.63, 3.8) is 0 Å². The van der Waals surface area contributed by atoms with Gasteiger partial charge in [-0.2, -0.15) is 4.91 Å². The zero-order valence-corrected chi connectivity index (χ0v) is 24.0. The number of nitroso groups, excluding NO2 is 1. The molecule has 0 amide bonds. The number of methoxy groups -OCH3 is 1. The maximum Gasteiger partial charge on any atom is 0.312 e. The van der Waals surface area contributed by atoms with Crippen molar-refractivity contribution in [2.75, 3.05) is 13.7 Å². The molecule has 1 N–H and O–H groups in total. The number of fused-ring (bicyclic) bond motifs is 7. The van der Waals surface area contributed by atoms with E-state index in [2.05, 4.69) is 39.8 Å². The van der Waals surface area contributed by atoms with E-state index in [0.29, 0.717) is 6.42 Å². The second-order valence-electron chi connectivity index (χ2n) is 15.1. The molecule has 5 aliphatic rings. The van der Waals surface area contributed by atoms with Crippen LogP contribution in [-0.4, -0.2) is 36.6 Å². The van der Waals surface area contributed by atoms with Crippen LogP contribution in [0.1, 0.15) is 99.3 Å². The molecule has 0 aromatic carbocycles. The minimum Gasteiger partial charge on any atom is -0.469 e. The van der Waals surface area contributed by atoms with Crippen LogP contribution in [0.4, 0.5) is 0 Å². The molecule has 0 heterocycles. The van der Waals surface area contributed by atoms with Crippen LogP contribution in [0.2, 0.25) is 0 Å². The van der Waals surface area contributed by atoms with Gasteiger partial charge in [0.15, 0.2) is 5.78 Å². The van der Waals surface area contributed by atoms with E-state index >= 15 is 0 Å². The van der Waals surface area contributed by atoms with Crippen LogP contribution < -0.4 is 0 Å². The van der Waals surface area contributed by atoms with E-state index in [1.807, 2.05) is 13.0 Å². The van der Waals surface area contributed by atoms with Crippen LogP contribution >= 0.6 is 0 Å². The highest BCUT2D eigenvalue weighted by Gasteiger charge is 2.71. The first-order chi connectivity index (χ1) is 17.2. The Bertz CT molecular complexity index is 1050. The number of hydrogen-bond acceptors (Lipinski definition) is 6. The lowest BCUT2D eigenvalue weighted by molar-refractivity contribution is -0.194. The number of aliphatic hydroxyl groups is 1. The van der Waals surface area contributed by atoms with Gasteiger partial charge >= 0.3 is 5.97 Å². The summed E-state index contributed by atoms with van der Waals surface area (Å²) in [5.74, 6) is -0.0790. The van der Waals surface area contributed by atoms with Gasteiger partial charge in [0, 0.05) is 11.3 Å². The largest absolute Gasteiger partial charge is 0.469 e. The van der Waals surface area contributed by atoms with Gasteiger partial charge in [-0.15, -0.1) is 0 Å². The number of hydrogen-bond donors (Lipinski definition) is 1. The Hall–Kier alpha value is -1.56. The normalized spacial score (nSPS) is 50.5. The van der Waals surface area contributed by atoms with E-state index < -0.39 is 16.9 Å². The summed E-state index contributed by atoms with van der Waals surface area (Å²) < 4.78 is 5.42. The molecule has 5 rings (SSSR count). The molecule has 1 unspecified atom stereocenters. The molecule has 0 aliphatic heterocycles. The molecule has 0 aromatic rings. The van der Waals surface area contributed by atoms with Crippen molar-refractivity contribution in [2.24, 2.45) is 55.4 Å². The topological polar surface area (TPSA) is 93.0 Å². The summed E-state index contributed by atoms with van der Waals surface area (Å²) in [7, 11) is 1.49. The maximum atomic E-state index is 14.4. The quantitative estimate of drug-likeness (QED) is 0.356. The Morgan fingerprint density at radius 1 is 1.03 bits per heavy atom. The third-order valence-corrected chi connectivity index (χ3v) is 13.2.